The molecule has 0 saturated heterocycles. The normalized spacial score (nSPS) is 17.8. The average molecular weight is 145 g/mol. The molecule has 0 aromatic rings. The minimum absolute atomic E-state index is 0.352. The largest absolute Gasteiger partial charge is 0.110 e. The molecule has 0 rings (SSSR count). The molecule has 1 atom stereocenters. The molecule has 0 aliphatic carbocycles. The van der Waals surface area contributed by atoms with E-state index in [2.05, 4.69) is 6.58 Å². The Labute approximate surface area is 62.2 Å². The first-order chi connectivity index (χ1) is 4.00. The van der Waals surface area contributed by atoms with Gasteiger partial charge >= 0.3 is 0 Å². The van der Waals surface area contributed by atoms with Crippen molar-refractivity contribution in [3.8, 4) is 0 Å². The summed E-state index contributed by atoms with van der Waals surface area (Å²) >= 11 is 5.98. The highest BCUT2D eigenvalue weighted by molar-refractivity contribution is 6.26. The molecule has 0 N–H and O–H groups in total. The smallest absolute Gasteiger partial charge is 0.0801 e. The first kappa shape index (κ1) is 8.77. The molecule has 52 valence electrons. The van der Waals surface area contributed by atoms with Crippen molar-refractivity contribution in [2.45, 2.75) is 25.6 Å². The second-order valence-electron chi connectivity index (χ2n) is 2.36. The molecule has 0 aliphatic heterocycles. The molecule has 0 aromatic heterocycles. The van der Waals surface area contributed by atoms with Gasteiger partial charge in [0.25, 0.3) is 0 Å². The Kier molecular flexibility index (Phi) is 2.99. The van der Waals surface area contributed by atoms with Crippen LogP contribution in [-0.2, 0) is 0 Å². The van der Waals surface area contributed by atoms with Crippen LogP contribution in [0.4, 0.5) is 0 Å². The van der Waals surface area contributed by atoms with Gasteiger partial charge in [0.2, 0.25) is 0 Å². The van der Waals surface area contributed by atoms with Gasteiger partial charge in [-0.05, 0) is 20.8 Å². The SMILES string of the molecule is C=C(C)C(C)(Cl)C=CC. The number of halogens is 1. The minimum atomic E-state index is -0.352. The topological polar surface area (TPSA) is 0 Å². The number of hydrogen-bond donors (Lipinski definition) is 0. The van der Waals surface area contributed by atoms with E-state index in [0.717, 1.165) is 5.57 Å². The molecule has 0 heterocycles. The molecule has 0 aliphatic rings. The lowest BCUT2D eigenvalue weighted by Crippen LogP contribution is -2.12. The number of alkyl halides is 1. The van der Waals surface area contributed by atoms with Crippen LogP contribution in [0, 0.1) is 0 Å². The van der Waals surface area contributed by atoms with Crippen LogP contribution < -0.4 is 0 Å². The fourth-order valence-electron chi connectivity index (χ4n) is 0.455. The van der Waals surface area contributed by atoms with E-state index in [-0.39, 0.29) is 4.87 Å². The predicted molar refractivity (Wildman–Crippen MR) is 43.9 cm³/mol. The van der Waals surface area contributed by atoms with Crippen molar-refractivity contribution in [1.82, 2.24) is 0 Å². The maximum absolute atomic E-state index is 5.98. The van der Waals surface area contributed by atoms with Gasteiger partial charge in [0.15, 0.2) is 0 Å². The Balaban J connectivity index is 4.19. The van der Waals surface area contributed by atoms with Gasteiger partial charge in [0.1, 0.15) is 0 Å². The van der Waals surface area contributed by atoms with Crippen LogP contribution in [0.5, 0.6) is 0 Å². The molecule has 0 fully saturated rings. The van der Waals surface area contributed by atoms with E-state index in [1.54, 1.807) is 0 Å². The molecule has 0 saturated carbocycles. The van der Waals surface area contributed by atoms with E-state index in [9.17, 15) is 0 Å². The summed E-state index contributed by atoms with van der Waals surface area (Å²) in [7, 11) is 0. The summed E-state index contributed by atoms with van der Waals surface area (Å²) in [4.78, 5) is -0.352. The third-order valence-corrected chi connectivity index (χ3v) is 1.76. The highest BCUT2D eigenvalue weighted by Crippen LogP contribution is 2.23. The standard InChI is InChI=1S/C8H13Cl/c1-5-6-8(4,9)7(2)3/h5-6H,2H2,1,3-4H3. The van der Waals surface area contributed by atoms with Crippen LogP contribution in [0.2, 0.25) is 0 Å². The quantitative estimate of drug-likeness (QED) is 0.413. The maximum Gasteiger partial charge on any atom is 0.0801 e. The Bertz CT molecular complexity index is 132. The second-order valence-corrected chi connectivity index (χ2v) is 3.14. The van der Waals surface area contributed by atoms with Gasteiger partial charge in [0, 0.05) is 0 Å². The lowest BCUT2D eigenvalue weighted by atomic mass is 10.0. The zero-order chi connectivity index (χ0) is 7.49. The molecule has 1 unspecified atom stereocenters. The van der Waals surface area contributed by atoms with Crippen molar-refractivity contribution in [2.24, 2.45) is 0 Å². The molecule has 9 heavy (non-hydrogen) atoms. The van der Waals surface area contributed by atoms with Crippen LogP contribution in [0.15, 0.2) is 24.3 Å². The summed E-state index contributed by atoms with van der Waals surface area (Å²) in [5.41, 5.74) is 0.974. The van der Waals surface area contributed by atoms with E-state index in [0.29, 0.717) is 0 Å². The number of hydrogen-bond acceptors (Lipinski definition) is 0. The van der Waals surface area contributed by atoms with E-state index >= 15 is 0 Å². The zero-order valence-electron chi connectivity index (χ0n) is 6.24. The molecular formula is C8H13Cl. The Morgan fingerprint density at radius 3 is 2.22 bits per heavy atom. The first-order valence-corrected chi connectivity index (χ1v) is 3.37. The minimum Gasteiger partial charge on any atom is -0.110 e. The Morgan fingerprint density at radius 2 is 2.11 bits per heavy atom. The molecule has 0 bridgehead atoms. The highest BCUT2D eigenvalue weighted by Gasteiger charge is 2.15. The first-order valence-electron chi connectivity index (χ1n) is 2.99. The van der Waals surface area contributed by atoms with Gasteiger partial charge in [-0.1, -0.05) is 24.3 Å². The number of allylic oxidation sites excluding steroid dienone is 3. The monoisotopic (exact) mass is 144 g/mol. The predicted octanol–water partition coefficient (Wildman–Crippen LogP) is 3.14. The van der Waals surface area contributed by atoms with Crippen LogP contribution in [0.3, 0.4) is 0 Å². The molecule has 0 radical (unpaired) electrons. The lowest BCUT2D eigenvalue weighted by molar-refractivity contribution is 0.913. The van der Waals surface area contributed by atoms with E-state index in [1.165, 1.54) is 0 Å². The molecule has 0 aromatic carbocycles. The van der Waals surface area contributed by atoms with E-state index < -0.39 is 0 Å². The molecule has 0 spiro atoms. The third-order valence-electron chi connectivity index (χ3n) is 1.31. The van der Waals surface area contributed by atoms with Crippen molar-refractivity contribution in [3.05, 3.63) is 24.3 Å². The summed E-state index contributed by atoms with van der Waals surface area (Å²) in [5.74, 6) is 0. The van der Waals surface area contributed by atoms with Gasteiger partial charge < -0.3 is 0 Å². The van der Waals surface area contributed by atoms with Gasteiger partial charge in [-0.25, -0.2) is 0 Å². The second kappa shape index (κ2) is 3.07. The Morgan fingerprint density at radius 1 is 1.67 bits per heavy atom. The van der Waals surface area contributed by atoms with Gasteiger partial charge in [-0.15, -0.1) is 11.6 Å². The average Bonchev–Trinajstić information content (AvgIpc) is 1.65. The highest BCUT2D eigenvalue weighted by atomic mass is 35.5. The van der Waals surface area contributed by atoms with Crippen LogP contribution >= 0.6 is 11.6 Å². The fraction of sp³-hybridized carbons (Fsp3) is 0.500. The third kappa shape index (κ3) is 2.71. The molecule has 0 amide bonds. The summed E-state index contributed by atoms with van der Waals surface area (Å²) in [6.07, 6.45) is 3.86. The summed E-state index contributed by atoms with van der Waals surface area (Å²) in [6, 6.07) is 0. The maximum atomic E-state index is 5.98. The van der Waals surface area contributed by atoms with Crippen molar-refractivity contribution in [3.63, 3.8) is 0 Å². The van der Waals surface area contributed by atoms with Crippen LogP contribution in [0.1, 0.15) is 20.8 Å². The zero-order valence-corrected chi connectivity index (χ0v) is 7.00. The molecular weight excluding hydrogens is 132 g/mol. The lowest BCUT2D eigenvalue weighted by Gasteiger charge is -2.16. The number of rotatable bonds is 2. The van der Waals surface area contributed by atoms with Crippen molar-refractivity contribution in [2.75, 3.05) is 0 Å². The summed E-state index contributed by atoms with van der Waals surface area (Å²) in [5, 5.41) is 0. The fourth-order valence-corrected chi connectivity index (χ4v) is 0.581. The van der Waals surface area contributed by atoms with Gasteiger partial charge in [-0.3, -0.25) is 0 Å². The van der Waals surface area contributed by atoms with Crippen molar-refractivity contribution >= 4 is 11.6 Å². The van der Waals surface area contributed by atoms with E-state index in [4.69, 9.17) is 11.6 Å². The Hall–Kier alpha value is -0.230. The van der Waals surface area contributed by atoms with Crippen LogP contribution in [-0.4, -0.2) is 4.87 Å². The van der Waals surface area contributed by atoms with Crippen molar-refractivity contribution in [1.29, 1.82) is 0 Å². The van der Waals surface area contributed by atoms with E-state index in [1.807, 2.05) is 32.9 Å². The summed E-state index contributed by atoms with van der Waals surface area (Å²) in [6.45, 7) is 9.56. The molecule has 0 nitrogen and oxygen atoms in total. The van der Waals surface area contributed by atoms with Crippen molar-refractivity contribution < 1.29 is 0 Å². The summed E-state index contributed by atoms with van der Waals surface area (Å²) < 4.78 is 0. The van der Waals surface area contributed by atoms with Gasteiger partial charge in [-0.2, -0.15) is 0 Å². The molecule has 1 heteroatoms. The van der Waals surface area contributed by atoms with Crippen LogP contribution in [0.25, 0.3) is 0 Å². The van der Waals surface area contributed by atoms with Gasteiger partial charge in [0.05, 0.1) is 4.87 Å².